The first-order valence-electron chi connectivity index (χ1n) is 8.08. The fourth-order valence-corrected chi connectivity index (χ4v) is 3.71. The van der Waals surface area contributed by atoms with Crippen LogP contribution in [-0.4, -0.2) is 26.7 Å². The van der Waals surface area contributed by atoms with Crippen LogP contribution in [0.4, 0.5) is 11.4 Å². The molecule has 2 aromatic rings. The maximum atomic E-state index is 12.2. The van der Waals surface area contributed by atoms with E-state index in [1.807, 2.05) is 43.3 Å². The van der Waals surface area contributed by atoms with Gasteiger partial charge in [-0.15, -0.1) is 0 Å². The number of fused-ring (bicyclic) bond motifs is 1. The number of carbonyl (C=O) groups is 1. The Morgan fingerprint density at radius 2 is 2.00 bits per heavy atom. The lowest BCUT2D eigenvalue weighted by atomic mass is 10.1. The molecule has 1 N–H and O–H groups in total. The highest BCUT2D eigenvalue weighted by molar-refractivity contribution is 9.10. The third kappa shape index (κ3) is 3.58. The molecule has 1 aliphatic heterocycles. The van der Waals surface area contributed by atoms with Crippen LogP contribution in [0.3, 0.4) is 0 Å². The summed E-state index contributed by atoms with van der Waals surface area (Å²) in [5.41, 5.74) is 2.93. The van der Waals surface area contributed by atoms with Crippen molar-refractivity contribution in [3.63, 3.8) is 0 Å². The Bertz CT molecular complexity index is 794. The highest BCUT2D eigenvalue weighted by atomic mass is 79.9. The number of hydrogen-bond acceptors (Lipinski definition) is 4. The number of rotatable bonds is 4. The van der Waals surface area contributed by atoms with Gasteiger partial charge in [0.15, 0.2) is 11.5 Å². The van der Waals surface area contributed by atoms with Gasteiger partial charge < -0.3 is 19.7 Å². The van der Waals surface area contributed by atoms with E-state index in [1.54, 1.807) is 14.2 Å². The summed E-state index contributed by atoms with van der Waals surface area (Å²) < 4.78 is 11.7. The van der Waals surface area contributed by atoms with E-state index in [1.165, 1.54) is 0 Å². The molecule has 0 unspecified atom stereocenters. The number of hydrogen-bond donors (Lipinski definition) is 1. The van der Waals surface area contributed by atoms with Crippen molar-refractivity contribution in [2.24, 2.45) is 5.92 Å². The van der Waals surface area contributed by atoms with Gasteiger partial charge in [0.05, 0.1) is 36.0 Å². The quantitative estimate of drug-likeness (QED) is 0.834. The molecule has 132 valence electrons. The number of nitrogens with zero attached hydrogens (tertiary/aromatic N) is 1. The van der Waals surface area contributed by atoms with Gasteiger partial charge in [-0.2, -0.15) is 0 Å². The Balaban J connectivity index is 1.97. The fourth-order valence-electron chi connectivity index (χ4n) is 3.06. The first-order chi connectivity index (χ1) is 12.0. The van der Waals surface area contributed by atoms with Crippen LogP contribution in [0, 0.1) is 5.92 Å². The van der Waals surface area contributed by atoms with Crippen molar-refractivity contribution in [3.8, 4) is 11.5 Å². The number of benzene rings is 2. The Morgan fingerprint density at radius 1 is 1.24 bits per heavy atom. The van der Waals surface area contributed by atoms with Gasteiger partial charge in [0.2, 0.25) is 5.91 Å². The minimum atomic E-state index is -0.101. The number of methoxy groups -OCH3 is 2. The molecular formula is C19H21BrN2O3. The summed E-state index contributed by atoms with van der Waals surface area (Å²) in [4.78, 5) is 14.4. The molecule has 25 heavy (non-hydrogen) atoms. The second-order valence-electron chi connectivity index (χ2n) is 6.10. The summed E-state index contributed by atoms with van der Waals surface area (Å²) in [6.07, 6.45) is 0. The molecule has 0 bridgehead atoms. The Labute approximate surface area is 156 Å². The van der Waals surface area contributed by atoms with E-state index in [0.717, 1.165) is 21.4 Å². The SMILES string of the molecule is COc1cc(CN2C[C@@H](C)C(=O)Nc3ccccc32)cc(Br)c1OC. The molecule has 1 atom stereocenters. The molecule has 0 spiro atoms. The van der Waals surface area contributed by atoms with Gasteiger partial charge >= 0.3 is 0 Å². The molecular weight excluding hydrogens is 384 g/mol. The zero-order valence-electron chi connectivity index (χ0n) is 14.5. The minimum absolute atomic E-state index is 0.0449. The highest BCUT2D eigenvalue weighted by Gasteiger charge is 2.25. The molecule has 0 aliphatic carbocycles. The van der Waals surface area contributed by atoms with Crippen LogP contribution in [0.15, 0.2) is 40.9 Å². The second kappa shape index (κ2) is 7.35. The van der Waals surface area contributed by atoms with Crippen LogP contribution >= 0.6 is 15.9 Å². The second-order valence-corrected chi connectivity index (χ2v) is 6.96. The predicted octanol–water partition coefficient (Wildman–Crippen LogP) is 4.06. The standard InChI is InChI=1S/C19H21BrN2O3/c1-12-10-22(16-7-5-4-6-15(16)21-19(12)23)11-13-8-14(20)18(25-3)17(9-13)24-2/h4-9,12H,10-11H2,1-3H3,(H,21,23)/t12-/m1/s1. The average Bonchev–Trinajstić information content (AvgIpc) is 2.71. The lowest BCUT2D eigenvalue weighted by Gasteiger charge is -2.26. The van der Waals surface area contributed by atoms with Gasteiger partial charge in [-0.3, -0.25) is 4.79 Å². The summed E-state index contributed by atoms with van der Waals surface area (Å²) >= 11 is 3.54. The third-order valence-electron chi connectivity index (χ3n) is 4.31. The van der Waals surface area contributed by atoms with Crippen molar-refractivity contribution in [3.05, 3.63) is 46.4 Å². The Hall–Kier alpha value is -2.21. The van der Waals surface area contributed by atoms with Crippen molar-refractivity contribution < 1.29 is 14.3 Å². The highest BCUT2D eigenvalue weighted by Crippen LogP contribution is 2.38. The van der Waals surface area contributed by atoms with E-state index in [-0.39, 0.29) is 11.8 Å². The maximum Gasteiger partial charge on any atom is 0.229 e. The van der Waals surface area contributed by atoms with Gasteiger partial charge in [-0.1, -0.05) is 19.1 Å². The number of halogens is 1. The normalized spacial score (nSPS) is 16.7. The topological polar surface area (TPSA) is 50.8 Å². The van der Waals surface area contributed by atoms with Crippen molar-refractivity contribution in [2.75, 3.05) is 31.0 Å². The zero-order chi connectivity index (χ0) is 18.0. The van der Waals surface area contributed by atoms with Crippen molar-refractivity contribution in [2.45, 2.75) is 13.5 Å². The molecule has 6 heteroatoms. The van der Waals surface area contributed by atoms with E-state index in [4.69, 9.17) is 9.47 Å². The van der Waals surface area contributed by atoms with Crippen LogP contribution in [0.1, 0.15) is 12.5 Å². The average molecular weight is 405 g/mol. The molecule has 2 aromatic carbocycles. The smallest absolute Gasteiger partial charge is 0.229 e. The summed E-state index contributed by atoms with van der Waals surface area (Å²) in [5, 5.41) is 3.01. The molecule has 0 saturated heterocycles. The number of amides is 1. The first kappa shape index (κ1) is 17.6. The number of carbonyl (C=O) groups excluding carboxylic acids is 1. The molecule has 0 aromatic heterocycles. The molecule has 0 fully saturated rings. The van der Waals surface area contributed by atoms with Crippen LogP contribution in [0.2, 0.25) is 0 Å². The Morgan fingerprint density at radius 3 is 2.72 bits per heavy atom. The van der Waals surface area contributed by atoms with Gasteiger partial charge in [-0.05, 0) is 45.8 Å². The lowest BCUT2D eigenvalue weighted by Crippen LogP contribution is -2.30. The van der Waals surface area contributed by atoms with Crippen LogP contribution in [-0.2, 0) is 11.3 Å². The van der Waals surface area contributed by atoms with E-state index >= 15 is 0 Å². The molecule has 1 heterocycles. The monoisotopic (exact) mass is 404 g/mol. The van der Waals surface area contributed by atoms with Crippen molar-refractivity contribution >= 4 is 33.2 Å². The summed E-state index contributed by atoms with van der Waals surface area (Å²) in [6.45, 7) is 3.25. The van der Waals surface area contributed by atoms with Crippen LogP contribution in [0.5, 0.6) is 11.5 Å². The first-order valence-corrected chi connectivity index (χ1v) is 8.88. The zero-order valence-corrected chi connectivity index (χ0v) is 16.1. The number of para-hydroxylation sites is 2. The van der Waals surface area contributed by atoms with E-state index in [2.05, 4.69) is 26.1 Å². The fraction of sp³-hybridized carbons (Fsp3) is 0.316. The van der Waals surface area contributed by atoms with Crippen LogP contribution in [0.25, 0.3) is 0 Å². The molecule has 1 aliphatic rings. The van der Waals surface area contributed by atoms with E-state index < -0.39 is 0 Å². The molecule has 1 amide bonds. The minimum Gasteiger partial charge on any atom is -0.493 e. The van der Waals surface area contributed by atoms with Gasteiger partial charge in [0, 0.05) is 13.1 Å². The van der Waals surface area contributed by atoms with Crippen molar-refractivity contribution in [1.82, 2.24) is 0 Å². The summed E-state index contributed by atoms with van der Waals surface area (Å²) in [5.74, 6) is 1.30. The molecule has 5 nitrogen and oxygen atoms in total. The van der Waals surface area contributed by atoms with Gasteiger partial charge in [0.1, 0.15) is 0 Å². The molecule has 0 radical (unpaired) electrons. The largest absolute Gasteiger partial charge is 0.493 e. The Kier molecular flexibility index (Phi) is 5.18. The number of ether oxygens (including phenoxy) is 2. The van der Waals surface area contributed by atoms with Crippen molar-refractivity contribution in [1.29, 1.82) is 0 Å². The molecule has 0 saturated carbocycles. The van der Waals surface area contributed by atoms with E-state index in [9.17, 15) is 4.79 Å². The summed E-state index contributed by atoms with van der Waals surface area (Å²) in [7, 11) is 3.24. The third-order valence-corrected chi connectivity index (χ3v) is 4.90. The number of anilines is 2. The van der Waals surface area contributed by atoms with Gasteiger partial charge in [-0.25, -0.2) is 0 Å². The van der Waals surface area contributed by atoms with E-state index in [0.29, 0.717) is 24.6 Å². The maximum absolute atomic E-state index is 12.2. The number of nitrogens with one attached hydrogen (secondary N) is 1. The summed E-state index contributed by atoms with van der Waals surface area (Å²) in [6, 6.07) is 11.9. The van der Waals surface area contributed by atoms with Gasteiger partial charge in [0.25, 0.3) is 0 Å². The predicted molar refractivity (Wildman–Crippen MR) is 103 cm³/mol. The molecule has 3 rings (SSSR count). The lowest BCUT2D eigenvalue weighted by molar-refractivity contribution is -0.119. The van der Waals surface area contributed by atoms with Crippen LogP contribution < -0.4 is 19.7 Å².